The molecule has 4 heteroatoms. The minimum absolute atomic E-state index is 0.0892. The second kappa shape index (κ2) is 6.14. The average molecular weight is 208 g/mol. The Morgan fingerprint density at radius 1 is 1.53 bits per heavy atom. The van der Waals surface area contributed by atoms with E-state index in [1.807, 2.05) is 19.1 Å². The van der Waals surface area contributed by atoms with Crippen molar-refractivity contribution < 1.29 is 9.53 Å². The smallest absolute Gasteiger partial charge is 0.249 e. The fourth-order valence-electron chi connectivity index (χ4n) is 1.16. The maximum Gasteiger partial charge on any atom is 0.249 e. The van der Waals surface area contributed by atoms with E-state index in [0.717, 1.165) is 5.56 Å². The van der Waals surface area contributed by atoms with Crippen molar-refractivity contribution in [1.29, 1.82) is 0 Å². The zero-order chi connectivity index (χ0) is 11.1. The molecule has 0 bridgehead atoms. The highest BCUT2D eigenvalue weighted by Crippen LogP contribution is 1.96. The van der Waals surface area contributed by atoms with E-state index >= 15 is 0 Å². The van der Waals surface area contributed by atoms with Crippen molar-refractivity contribution in [3.05, 3.63) is 30.1 Å². The van der Waals surface area contributed by atoms with Crippen molar-refractivity contribution in [3.8, 4) is 0 Å². The van der Waals surface area contributed by atoms with Crippen LogP contribution in [0.15, 0.2) is 24.5 Å². The van der Waals surface area contributed by atoms with Gasteiger partial charge in [0.25, 0.3) is 0 Å². The second-order valence-corrected chi connectivity index (χ2v) is 3.17. The Kier molecular flexibility index (Phi) is 4.77. The zero-order valence-electron chi connectivity index (χ0n) is 9.06. The summed E-state index contributed by atoms with van der Waals surface area (Å²) >= 11 is 0. The molecule has 0 aromatic carbocycles. The number of amides is 1. The lowest BCUT2D eigenvalue weighted by molar-refractivity contribution is -0.131. The Morgan fingerprint density at radius 3 is 2.80 bits per heavy atom. The molecule has 0 aliphatic rings. The molecule has 0 fully saturated rings. The summed E-state index contributed by atoms with van der Waals surface area (Å²) in [6, 6.07) is 3.73. The Labute approximate surface area is 89.7 Å². The van der Waals surface area contributed by atoms with Gasteiger partial charge in [0.15, 0.2) is 0 Å². The van der Waals surface area contributed by atoms with Gasteiger partial charge in [0.2, 0.25) is 5.91 Å². The predicted octanol–water partition coefficient (Wildman–Crippen LogP) is 1.12. The fraction of sp³-hybridized carbons (Fsp3) is 0.455. The number of nitrogens with one attached hydrogen (secondary N) is 1. The van der Waals surface area contributed by atoms with Gasteiger partial charge >= 0.3 is 0 Å². The number of hydrogen-bond acceptors (Lipinski definition) is 3. The van der Waals surface area contributed by atoms with Gasteiger partial charge in [-0.2, -0.15) is 0 Å². The van der Waals surface area contributed by atoms with Crippen LogP contribution >= 0.6 is 0 Å². The molecule has 0 saturated heterocycles. The van der Waals surface area contributed by atoms with Crippen molar-refractivity contribution in [2.24, 2.45) is 0 Å². The highest BCUT2D eigenvalue weighted by molar-refractivity contribution is 5.80. The van der Waals surface area contributed by atoms with E-state index in [1.165, 1.54) is 0 Å². The van der Waals surface area contributed by atoms with Crippen LogP contribution in [0.3, 0.4) is 0 Å². The number of ether oxygens (including phenoxy) is 1. The van der Waals surface area contributed by atoms with Gasteiger partial charge in [0.1, 0.15) is 6.10 Å². The third-order valence-electron chi connectivity index (χ3n) is 2.00. The van der Waals surface area contributed by atoms with Crippen LogP contribution in [0.1, 0.15) is 19.4 Å². The molecular formula is C11H16N2O2. The summed E-state index contributed by atoms with van der Waals surface area (Å²) in [5.74, 6) is -0.0892. The summed E-state index contributed by atoms with van der Waals surface area (Å²) in [6.07, 6.45) is 3.01. The van der Waals surface area contributed by atoms with E-state index in [1.54, 1.807) is 19.3 Å². The molecule has 1 rings (SSSR count). The second-order valence-electron chi connectivity index (χ2n) is 3.17. The first-order chi connectivity index (χ1) is 7.24. The number of aromatic nitrogens is 1. The van der Waals surface area contributed by atoms with Gasteiger partial charge in [-0.15, -0.1) is 0 Å². The van der Waals surface area contributed by atoms with E-state index in [-0.39, 0.29) is 5.91 Å². The van der Waals surface area contributed by atoms with Crippen LogP contribution in [-0.4, -0.2) is 23.6 Å². The summed E-state index contributed by atoms with van der Waals surface area (Å²) in [6.45, 7) is 4.67. The summed E-state index contributed by atoms with van der Waals surface area (Å²) in [4.78, 5) is 15.4. The number of carbonyl (C=O) groups is 1. The van der Waals surface area contributed by atoms with Crippen LogP contribution in [0.5, 0.6) is 0 Å². The van der Waals surface area contributed by atoms with Crippen LogP contribution in [0.2, 0.25) is 0 Å². The van der Waals surface area contributed by atoms with E-state index in [2.05, 4.69) is 10.3 Å². The molecule has 1 heterocycles. The molecule has 1 N–H and O–H groups in total. The SMILES string of the molecule is CCO[C@@H](C)C(=O)NCc1ccncc1. The lowest BCUT2D eigenvalue weighted by atomic mass is 10.2. The first-order valence-corrected chi connectivity index (χ1v) is 5.02. The normalized spacial score (nSPS) is 12.1. The van der Waals surface area contributed by atoms with Gasteiger partial charge < -0.3 is 10.1 Å². The monoisotopic (exact) mass is 208 g/mol. The largest absolute Gasteiger partial charge is 0.369 e. The van der Waals surface area contributed by atoms with Gasteiger partial charge in [-0.25, -0.2) is 0 Å². The first-order valence-electron chi connectivity index (χ1n) is 5.02. The number of nitrogens with zero attached hydrogens (tertiary/aromatic N) is 1. The van der Waals surface area contributed by atoms with E-state index < -0.39 is 6.10 Å². The minimum atomic E-state index is -0.392. The average Bonchev–Trinajstić information content (AvgIpc) is 2.27. The summed E-state index contributed by atoms with van der Waals surface area (Å²) in [5.41, 5.74) is 1.03. The summed E-state index contributed by atoms with van der Waals surface area (Å²) < 4.78 is 5.17. The maximum absolute atomic E-state index is 11.5. The number of rotatable bonds is 5. The van der Waals surface area contributed by atoms with Crippen LogP contribution < -0.4 is 5.32 Å². The Morgan fingerprint density at radius 2 is 2.20 bits per heavy atom. The summed E-state index contributed by atoms with van der Waals surface area (Å²) in [5, 5.41) is 2.79. The Balaban J connectivity index is 2.34. The van der Waals surface area contributed by atoms with E-state index in [9.17, 15) is 4.79 Å². The summed E-state index contributed by atoms with van der Waals surface area (Å²) in [7, 11) is 0. The molecule has 4 nitrogen and oxygen atoms in total. The fourth-order valence-corrected chi connectivity index (χ4v) is 1.16. The maximum atomic E-state index is 11.5. The van der Waals surface area contributed by atoms with Crippen LogP contribution in [0, 0.1) is 0 Å². The van der Waals surface area contributed by atoms with E-state index in [0.29, 0.717) is 13.2 Å². The zero-order valence-corrected chi connectivity index (χ0v) is 9.06. The third-order valence-corrected chi connectivity index (χ3v) is 2.00. The molecule has 0 saturated carbocycles. The van der Waals surface area contributed by atoms with E-state index in [4.69, 9.17) is 4.74 Å². The van der Waals surface area contributed by atoms with Crippen LogP contribution in [0.25, 0.3) is 0 Å². The number of hydrogen-bond donors (Lipinski definition) is 1. The van der Waals surface area contributed by atoms with Crippen LogP contribution in [0.4, 0.5) is 0 Å². The molecule has 0 aliphatic heterocycles. The van der Waals surface area contributed by atoms with Crippen LogP contribution in [-0.2, 0) is 16.1 Å². The quantitative estimate of drug-likeness (QED) is 0.789. The van der Waals surface area contributed by atoms with Crippen molar-refractivity contribution in [1.82, 2.24) is 10.3 Å². The third kappa shape index (κ3) is 4.08. The molecule has 1 atom stereocenters. The first kappa shape index (κ1) is 11.7. The molecule has 0 unspecified atom stereocenters. The Bertz CT molecular complexity index is 301. The van der Waals surface area contributed by atoms with Crippen molar-refractivity contribution in [2.75, 3.05) is 6.61 Å². The predicted molar refractivity (Wildman–Crippen MR) is 57.2 cm³/mol. The number of carbonyl (C=O) groups excluding carboxylic acids is 1. The molecule has 15 heavy (non-hydrogen) atoms. The Hall–Kier alpha value is -1.42. The molecule has 1 aromatic rings. The highest BCUT2D eigenvalue weighted by Gasteiger charge is 2.11. The molecule has 0 radical (unpaired) electrons. The molecule has 0 aliphatic carbocycles. The highest BCUT2D eigenvalue weighted by atomic mass is 16.5. The lowest BCUT2D eigenvalue weighted by Crippen LogP contribution is -2.34. The molecule has 0 spiro atoms. The molecular weight excluding hydrogens is 192 g/mol. The molecule has 1 amide bonds. The standard InChI is InChI=1S/C11H16N2O2/c1-3-15-9(2)11(14)13-8-10-4-6-12-7-5-10/h4-7,9H,3,8H2,1-2H3,(H,13,14)/t9-/m0/s1. The van der Waals surface area contributed by atoms with Gasteiger partial charge in [0, 0.05) is 25.5 Å². The molecule has 82 valence electrons. The number of pyridine rings is 1. The van der Waals surface area contributed by atoms with Crippen molar-refractivity contribution in [2.45, 2.75) is 26.5 Å². The van der Waals surface area contributed by atoms with Crippen molar-refractivity contribution in [3.63, 3.8) is 0 Å². The van der Waals surface area contributed by atoms with Crippen molar-refractivity contribution >= 4 is 5.91 Å². The lowest BCUT2D eigenvalue weighted by Gasteiger charge is -2.11. The molecule has 1 aromatic heterocycles. The van der Waals surface area contributed by atoms with Gasteiger partial charge in [-0.1, -0.05) is 0 Å². The topological polar surface area (TPSA) is 51.2 Å². The van der Waals surface area contributed by atoms with Gasteiger partial charge in [0.05, 0.1) is 0 Å². The van der Waals surface area contributed by atoms with Gasteiger partial charge in [-0.3, -0.25) is 9.78 Å². The van der Waals surface area contributed by atoms with Gasteiger partial charge in [-0.05, 0) is 31.5 Å². The minimum Gasteiger partial charge on any atom is -0.369 e.